The first kappa shape index (κ1) is 29.6. The van der Waals surface area contributed by atoms with E-state index < -0.39 is 12.0 Å². The van der Waals surface area contributed by atoms with Crippen molar-refractivity contribution in [3.05, 3.63) is 121 Å². The number of fused-ring (bicyclic) bond motifs is 1. The number of ether oxygens (including phenoxy) is 4. The molecule has 6 rings (SSSR count). The highest BCUT2D eigenvalue weighted by atomic mass is 32.1. The maximum Gasteiger partial charge on any atom is 0.338 e. The third-order valence-corrected chi connectivity index (χ3v) is 8.55. The summed E-state index contributed by atoms with van der Waals surface area (Å²) in [5.74, 6) is 1.25. The number of rotatable bonds is 8. The van der Waals surface area contributed by atoms with E-state index in [-0.39, 0.29) is 5.56 Å². The molecule has 1 aliphatic heterocycles. The predicted octanol–water partition coefficient (Wildman–Crippen LogP) is 4.29. The SMILES string of the molecule is COC(=O)C1=C(C)N=c2s/c(=C\c3cn(-c4ccccc4)nc3-c3ccc(OC)c(OC)c3)c(=O)n2C1c1ccc(OC)cc1. The molecule has 1 aliphatic rings. The Kier molecular flexibility index (Phi) is 8.10. The Labute approximate surface area is 262 Å². The summed E-state index contributed by atoms with van der Waals surface area (Å²) in [6.07, 6.45) is 3.69. The van der Waals surface area contributed by atoms with Gasteiger partial charge >= 0.3 is 5.97 Å². The first-order valence-electron chi connectivity index (χ1n) is 14.0. The molecule has 5 aromatic rings. The molecule has 0 fully saturated rings. The Hall–Kier alpha value is -5.42. The number of benzene rings is 3. The molecule has 0 amide bonds. The van der Waals surface area contributed by atoms with Crippen LogP contribution in [0.1, 0.15) is 24.1 Å². The summed E-state index contributed by atoms with van der Waals surface area (Å²) in [5, 5.41) is 4.91. The predicted molar refractivity (Wildman–Crippen MR) is 171 cm³/mol. The maximum absolute atomic E-state index is 14.2. The molecule has 45 heavy (non-hydrogen) atoms. The number of carbonyl (C=O) groups is 1. The van der Waals surface area contributed by atoms with Gasteiger partial charge in [0.1, 0.15) is 11.4 Å². The van der Waals surface area contributed by atoms with Gasteiger partial charge in [0.25, 0.3) is 5.56 Å². The second-order valence-corrected chi connectivity index (χ2v) is 11.1. The lowest BCUT2D eigenvalue weighted by atomic mass is 9.96. The Bertz CT molecular complexity index is 2110. The minimum atomic E-state index is -0.737. The van der Waals surface area contributed by atoms with Crippen LogP contribution in [0.4, 0.5) is 0 Å². The van der Waals surface area contributed by atoms with E-state index in [2.05, 4.69) is 4.99 Å². The van der Waals surface area contributed by atoms with Crippen molar-refractivity contribution in [3.63, 3.8) is 0 Å². The maximum atomic E-state index is 14.2. The van der Waals surface area contributed by atoms with Crippen LogP contribution in [0.3, 0.4) is 0 Å². The summed E-state index contributed by atoms with van der Waals surface area (Å²) in [7, 11) is 6.06. The molecule has 2 aromatic heterocycles. The normalized spacial score (nSPS) is 14.5. The lowest BCUT2D eigenvalue weighted by molar-refractivity contribution is -0.136. The number of esters is 1. The number of methoxy groups -OCH3 is 4. The molecule has 3 heterocycles. The molecule has 0 saturated carbocycles. The van der Waals surface area contributed by atoms with Gasteiger partial charge in [-0.25, -0.2) is 14.5 Å². The highest BCUT2D eigenvalue weighted by Gasteiger charge is 2.33. The summed E-state index contributed by atoms with van der Waals surface area (Å²) in [5.41, 5.74) is 4.20. The number of para-hydroxylation sites is 1. The number of hydrogen-bond acceptors (Lipinski definition) is 9. The van der Waals surface area contributed by atoms with Crippen molar-refractivity contribution in [2.24, 2.45) is 4.99 Å². The van der Waals surface area contributed by atoms with Gasteiger partial charge in [-0.05, 0) is 61.0 Å². The molecular formula is C34H30N4O6S. The zero-order chi connectivity index (χ0) is 31.7. The van der Waals surface area contributed by atoms with Crippen molar-refractivity contribution in [3.8, 4) is 34.2 Å². The molecule has 11 heteroatoms. The monoisotopic (exact) mass is 622 g/mol. The van der Waals surface area contributed by atoms with E-state index in [1.807, 2.05) is 72.9 Å². The van der Waals surface area contributed by atoms with Crippen LogP contribution >= 0.6 is 11.3 Å². The molecule has 228 valence electrons. The van der Waals surface area contributed by atoms with Crippen LogP contribution in [0, 0.1) is 0 Å². The van der Waals surface area contributed by atoms with E-state index >= 15 is 0 Å². The number of hydrogen-bond donors (Lipinski definition) is 0. The molecular weight excluding hydrogens is 592 g/mol. The summed E-state index contributed by atoms with van der Waals surface area (Å²) >= 11 is 1.25. The topological polar surface area (TPSA) is 106 Å². The quantitative estimate of drug-likeness (QED) is 0.238. The molecule has 10 nitrogen and oxygen atoms in total. The summed E-state index contributed by atoms with van der Waals surface area (Å²) in [6, 6.07) is 21.8. The smallest absolute Gasteiger partial charge is 0.338 e. The lowest BCUT2D eigenvalue weighted by Gasteiger charge is -2.24. The average molecular weight is 623 g/mol. The van der Waals surface area contributed by atoms with E-state index in [0.717, 1.165) is 16.8 Å². The third-order valence-electron chi connectivity index (χ3n) is 7.57. The molecule has 1 atom stereocenters. The lowest BCUT2D eigenvalue weighted by Crippen LogP contribution is -2.39. The Morgan fingerprint density at radius 2 is 1.64 bits per heavy atom. The number of allylic oxidation sites excluding steroid dienone is 1. The molecule has 0 aliphatic carbocycles. The minimum absolute atomic E-state index is 0.292. The van der Waals surface area contributed by atoms with Crippen LogP contribution in [-0.2, 0) is 9.53 Å². The Morgan fingerprint density at radius 1 is 0.911 bits per heavy atom. The fraction of sp³-hybridized carbons (Fsp3) is 0.176. The summed E-state index contributed by atoms with van der Waals surface area (Å²) in [6.45, 7) is 1.75. The van der Waals surface area contributed by atoms with Crippen LogP contribution in [-0.4, -0.2) is 48.8 Å². The van der Waals surface area contributed by atoms with Gasteiger partial charge in [-0.15, -0.1) is 0 Å². The van der Waals surface area contributed by atoms with Crippen molar-refractivity contribution < 1.29 is 23.7 Å². The molecule has 0 bridgehead atoms. The van der Waals surface area contributed by atoms with E-state index in [1.165, 1.54) is 18.4 Å². The van der Waals surface area contributed by atoms with Crippen LogP contribution < -0.4 is 29.1 Å². The zero-order valence-electron chi connectivity index (χ0n) is 25.3. The van der Waals surface area contributed by atoms with E-state index in [0.29, 0.717) is 49.1 Å². The molecule has 1 unspecified atom stereocenters. The van der Waals surface area contributed by atoms with Crippen molar-refractivity contribution in [2.75, 3.05) is 28.4 Å². The highest BCUT2D eigenvalue weighted by Crippen LogP contribution is 2.34. The van der Waals surface area contributed by atoms with E-state index in [9.17, 15) is 9.59 Å². The van der Waals surface area contributed by atoms with Crippen molar-refractivity contribution in [1.29, 1.82) is 0 Å². The second kappa shape index (κ2) is 12.3. The van der Waals surface area contributed by atoms with Crippen molar-refractivity contribution in [2.45, 2.75) is 13.0 Å². The molecule has 3 aromatic carbocycles. The van der Waals surface area contributed by atoms with Gasteiger partial charge in [-0.3, -0.25) is 9.36 Å². The average Bonchev–Trinajstić information content (AvgIpc) is 3.64. The van der Waals surface area contributed by atoms with Gasteiger partial charge in [0.2, 0.25) is 0 Å². The van der Waals surface area contributed by atoms with Crippen LogP contribution in [0.15, 0.2) is 100 Å². The molecule has 0 radical (unpaired) electrons. The standard InChI is InChI=1S/C34H30N4O6S/c1-20-29(33(40)44-5)31(21-11-14-25(41-2)15-12-21)38-32(39)28(45-34(38)35-20)18-23-19-37(24-9-7-6-8-10-24)36-30(23)22-13-16-26(42-3)27(17-22)43-4/h6-19,31H,1-5H3/b28-18-. The Morgan fingerprint density at radius 3 is 2.31 bits per heavy atom. The minimum Gasteiger partial charge on any atom is -0.497 e. The van der Waals surface area contributed by atoms with Crippen LogP contribution in [0.25, 0.3) is 23.0 Å². The van der Waals surface area contributed by atoms with E-state index in [1.54, 1.807) is 49.6 Å². The zero-order valence-corrected chi connectivity index (χ0v) is 26.1. The first-order valence-corrected chi connectivity index (χ1v) is 14.8. The van der Waals surface area contributed by atoms with Crippen molar-refractivity contribution in [1.82, 2.24) is 14.3 Å². The second-order valence-electron chi connectivity index (χ2n) is 10.1. The number of nitrogens with zero attached hydrogens (tertiary/aromatic N) is 4. The number of thiazole rings is 1. The van der Waals surface area contributed by atoms with E-state index in [4.69, 9.17) is 24.0 Å². The number of carbonyl (C=O) groups excluding carboxylic acids is 1. The molecule has 0 spiro atoms. The molecule has 0 N–H and O–H groups in total. The molecule has 0 saturated heterocycles. The van der Waals surface area contributed by atoms with Gasteiger partial charge in [0, 0.05) is 17.3 Å². The van der Waals surface area contributed by atoms with Crippen LogP contribution in [0.2, 0.25) is 0 Å². The summed E-state index contributed by atoms with van der Waals surface area (Å²) in [4.78, 5) is 32.4. The Balaban J connectivity index is 1.56. The largest absolute Gasteiger partial charge is 0.497 e. The van der Waals surface area contributed by atoms with Crippen LogP contribution in [0.5, 0.6) is 17.2 Å². The summed E-state index contributed by atoms with van der Waals surface area (Å²) < 4.78 is 25.2. The fourth-order valence-electron chi connectivity index (χ4n) is 5.35. The van der Waals surface area contributed by atoms with Gasteiger partial charge in [-0.1, -0.05) is 41.7 Å². The van der Waals surface area contributed by atoms with Gasteiger partial charge < -0.3 is 18.9 Å². The van der Waals surface area contributed by atoms with Gasteiger partial charge in [0.05, 0.1) is 56.0 Å². The fourth-order valence-corrected chi connectivity index (χ4v) is 6.39. The van der Waals surface area contributed by atoms with Gasteiger partial charge in [-0.2, -0.15) is 5.10 Å². The first-order chi connectivity index (χ1) is 21.9. The number of aromatic nitrogens is 3. The van der Waals surface area contributed by atoms with Gasteiger partial charge in [0.15, 0.2) is 16.3 Å². The highest BCUT2D eigenvalue weighted by molar-refractivity contribution is 7.07. The third kappa shape index (κ3) is 5.42. The van der Waals surface area contributed by atoms with Crippen molar-refractivity contribution >= 4 is 23.4 Å².